The van der Waals surface area contributed by atoms with Gasteiger partial charge in [0, 0.05) is 26.2 Å². The molecule has 0 radical (unpaired) electrons. The molecule has 4 heteroatoms. The van der Waals surface area contributed by atoms with Crippen molar-refractivity contribution in [1.29, 1.82) is 0 Å². The maximum absolute atomic E-state index is 3.57. The summed E-state index contributed by atoms with van der Waals surface area (Å²) in [6.45, 7) is 8.64. The molecule has 154 valence electrons. The Morgan fingerprint density at radius 2 is 1.07 bits per heavy atom. The fourth-order valence-electron chi connectivity index (χ4n) is 3.19. The highest BCUT2D eigenvalue weighted by atomic mass is 15.2. The molecule has 0 heterocycles. The Bertz CT molecular complexity index is 551. The third kappa shape index (κ3) is 10.6. The van der Waals surface area contributed by atoms with Gasteiger partial charge in [-0.05, 0) is 64.2 Å². The van der Waals surface area contributed by atoms with Crippen LogP contribution in [0.2, 0.25) is 0 Å². The molecule has 0 aliphatic carbocycles. The first-order valence-corrected chi connectivity index (χ1v) is 10.6. The molecule has 2 aromatic rings. The van der Waals surface area contributed by atoms with Crippen LogP contribution in [0.15, 0.2) is 60.7 Å². The summed E-state index contributed by atoms with van der Waals surface area (Å²) < 4.78 is 0. The Kier molecular flexibility index (Phi) is 11.5. The Labute approximate surface area is 171 Å². The largest absolute Gasteiger partial charge is 0.313 e. The van der Waals surface area contributed by atoms with Gasteiger partial charge in [0.15, 0.2) is 0 Å². The number of nitrogens with zero attached hydrogens (tertiary/aromatic N) is 2. The zero-order valence-corrected chi connectivity index (χ0v) is 17.7. The number of nitrogens with one attached hydrogen (secondary N) is 2. The van der Waals surface area contributed by atoms with Crippen molar-refractivity contribution < 1.29 is 0 Å². The standard InChI is InChI=1S/C24H38N4/c1-27(2)19-20-28(17-9-15-25-21-23-11-5-3-6-12-23)18-10-16-26-22-24-13-7-4-8-14-24/h3-8,11-14,25-26H,9-10,15-22H2,1-2H3. The van der Waals surface area contributed by atoms with Crippen LogP contribution in [0.3, 0.4) is 0 Å². The Hall–Kier alpha value is -1.72. The van der Waals surface area contributed by atoms with E-state index >= 15 is 0 Å². The monoisotopic (exact) mass is 382 g/mol. The number of benzene rings is 2. The summed E-state index contributed by atoms with van der Waals surface area (Å²) in [6.07, 6.45) is 2.38. The molecule has 0 amide bonds. The van der Waals surface area contributed by atoms with Crippen molar-refractivity contribution in [1.82, 2.24) is 20.4 Å². The normalized spacial score (nSPS) is 11.4. The second-order valence-corrected chi connectivity index (χ2v) is 7.68. The van der Waals surface area contributed by atoms with Gasteiger partial charge in [-0.2, -0.15) is 0 Å². The summed E-state index contributed by atoms with van der Waals surface area (Å²) in [5.74, 6) is 0. The van der Waals surface area contributed by atoms with Gasteiger partial charge in [0.1, 0.15) is 0 Å². The summed E-state index contributed by atoms with van der Waals surface area (Å²) in [7, 11) is 4.31. The molecule has 2 N–H and O–H groups in total. The first-order chi connectivity index (χ1) is 13.7. The lowest BCUT2D eigenvalue weighted by Gasteiger charge is -2.24. The number of rotatable bonds is 15. The minimum Gasteiger partial charge on any atom is -0.313 e. The number of likely N-dealkylation sites (N-methyl/N-ethyl adjacent to an activating group) is 1. The first kappa shape index (κ1) is 22.6. The lowest BCUT2D eigenvalue weighted by Crippen LogP contribution is -2.35. The lowest BCUT2D eigenvalue weighted by atomic mass is 10.2. The summed E-state index contributed by atoms with van der Waals surface area (Å²) in [6, 6.07) is 21.3. The predicted octanol–water partition coefficient (Wildman–Crippen LogP) is 3.21. The number of hydrogen-bond acceptors (Lipinski definition) is 4. The molecule has 0 aliphatic heterocycles. The van der Waals surface area contributed by atoms with Crippen LogP contribution in [-0.2, 0) is 13.1 Å². The van der Waals surface area contributed by atoms with E-state index in [1.165, 1.54) is 24.0 Å². The summed E-state index contributed by atoms with van der Waals surface area (Å²) in [5.41, 5.74) is 2.72. The van der Waals surface area contributed by atoms with Gasteiger partial charge in [-0.3, -0.25) is 0 Å². The summed E-state index contributed by atoms with van der Waals surface area (Å²) in [4.78, 5) is 4.88. The quantitative estimate of drug-likeness (QED) is 0.463. The molecule has 0 saturated heterocycles. The molecule has 2 rings (SSSR count). The van der Waals surface area contributed by atoms with Gasteiger partial charge in [-0.15, -0.1) is 0 Å². The molecular formula is C24H38N4. The van der Waals surface area contributed by atoms with E-state index in [1.54, 1.807) is 0 Å². The zero-order chi connectivity index (χ0) is 19.9. The van der Waals surface area contributed by atoms with Crippen LogP contribution in [0.1, 0.15) is 24.0 Å². The number of hydrogen-bond donors (Lipinski definition) is 2. The van der Waals surface area contributed by atoms with E-state index in [0.717, 1.165) is 52.4 Å². The van der Waals surface area contributed by atoms with Gasteiger partial charge in [-0.25, -0.2) is 0 Å². The molecular weight excluding hydrogens is 344 g/mol. The highest BCUT2D eigenvalue weighted by Crippen LogP contribution is 2.00. The van der Waals surface area contributed by atoms with Gasteiger partial charge >= 0.3 is 0 Å². The van der Waals surface area contributed by atoms with Crippen molar-refractivity contribution in [3.63, 3.8) is 0 Å². The van der Waals surface area contributed by atoms with E-state index in [1.807, 2.05) is 0 Å². The van der Waals surface area contributed by atoms with E-state index in [0.29, 0.717) is 0 Å². The molecule has 0 bridgehead atoms. The summed E-state index contributed by atoms with van der Waals surface area (Å²) >= 11 is 0. The average Bonchev–Trinajstić information content (AvgIpc) is 2.72. The third-order valence-electron chi connectivity index (χ3n) is 4.86. The molecule has 4 nitrogen and oxygen atoms in total. The smallest absolute Gasteiger partial charge is 0.0205 e. The van der Waals surface area contributed by atoms with Crippen molar-refractivity contribution in [2.45, 2.75) is 25.9 Å². The average molecular weight is 383 g/mol. The third-order valence-corrected chi connectivity index (χ3v) is 4.86. The zero-order valence-electron chi connectivity index (χ0n) is 17.7. The van der Waals surface area contributed by atoms with Crippen LogP contribution >= 0.6 is 0 Å². The van der Waals surface area contributed by atoms with Gasteiger partial charge < -0.3 is 20.4 Å². The van der Waals surface area contributed by atoms with E-state index in [-0.39, 0.29) is 0 Å². The van der Waals surface area contributed by atoms with E-state index in [2.05, 4.69) is 95.2 Å². The highest BCUT2D eigenvalue weighted by Gasteiger charge is 2.05. The Morgan fingerprint density at radius 1 is 0.607 bits per heavy atom. The van der Waals surface area contributed by atoms with Crippen molar-refractivity contribution in [2.24, 2.45) is 0 Å². The van der Waals surface area contributed by atoms with Crippen molar-refractivity contribution in [3.05, 3.63) is 71.8 Å². The van der Waals surface area contributed by atoms with Crippen molar-refractivity contribution in [2.75, 3.05) is 53.4 Å². The SMILES string of the molecule is CN(C)CCN(CCCNCc1ccccc1)CCCNCc1ccccc1. The second-order valence-electron chi connectivity index (χ2n) is 7.68. The molecule has 0 aliphatic rings. The maximum Gasteiger partial charge on any atom is 0.0205 e. The molecule has 0 aromatic heterocycles. The van der Waals surface area contributed by atoms with E-state index in [9.17, 15) is 0 Å². The molecule has 0 fully saturated rings. The van der Waals surface area contributed by atoms with Crippen molar-refractivity contribution >= 4 is 0 Å². The maximum atomic E-state index is 3.57. The Balaban J connectivity index is 1.58. The van der Waals surface area contributed by atoms with Crippen LogP contribution in [0, 0.1) is 0 Å². The van der Waals surface area contributed by atoms with Crippen molar-refractivity contribution in [3.8, 4) is 0 Å². The van der Waals surface area contributed by atoms with Crippen LogP contribution in [0.25, 0.3) is 0 Å². The predicted molar refractivity (Wildman–Crippen MR) is 121 cm³/mol. The van der Waals surface area contributed by atoms with Gasteiger partial charge in [0.2, 0.25) is 0 Å². The molecule has 0 atom stereocenters. The fraction of sp³-hybridized carbons (Fsp3) is 0.500. The second kappa shape index (κ2) is 14.3. The molecule has 0 saturated carbocycles. The van der Waals surface area contributed by atoms with E-state index < -0.39 is 0 Å². The minimum absolute atomic E-state index is 0.960. The first-order valence-electron chi connectivity index (χ1n) is 10.6. The van der Waals surface area contributed by atoms with Crippen LogP contribution in [-0.4, -0.2) is 63.2 Å². The van der Waals surface area contributed by atoms with E-state index in [4.69, 9.17) is 0 Å². The van der Waals surface area contributed by atoms with Gasteiger partial charge in [-0.1, -0.05) is 60.7 Å². The van der Waals surface area contributed by atoms with Gasteiger partial charge in [0.25, 0.3) is 0 Å². The van der Waals surface area contributed by atoms with Gasteiger partial charge in [0.05, 0.1) is 0 Å². The fourth-order valence-corrected chi connectivity index (χ4v) is 3.19. The van der Waals surface area contributed by atoms with Crippen LogP contribution < -0.4 is 10.6 Å². The molecule has 0 spiro atoms. The topological polar surface area (TPSA) is 30.5 Å². The summed E-state index contributed by atoms with van der Waals surface area (Å²) in [5, 5.41) is 7.13. The lowest BCUT2D eigenvalue weighted by molar-refractivity contribution is 0.234. The highest BCUT2D eigenvalue weighted by molar-refractivity contribution is 5.14. The molecule has 2 aromatic carbocycles. The van der Waals surface area contributed by atoms with Crippen LogP contribution in [0.4, 0.5) is 0 Å². The van der Waals surface area contributed by atoms with Crippen LogP contribution in [0.5, 0.6) is 0 Å². The molecule has 0 unspecified atom stereocenters. The molecule has 28 heavy (non-hydrogen) atoms. The Morgan fingerprint density at radius 3 is 1.50 bits per heavy atom. The minimum atomic E-state index is 0.960.